The third-order valence-corrected chi connectivity index (χ3v) is 3.50. The average molecular weight is 275 g/mol. The molecule has 1 atom stereocenters. The van der Waals surface area contributed by atoms with Crippen LogP contribution in [0, 0.1) is 0 Å². The van der Waals surface area contributed by atoms with Crippen molar-refractivity contribution in [3.8, 4) is 0 Å². The van der Waals surface area contributed by atoms with Gasteiger partial charge in [-0.15, -0.1) is 0 Å². The van der Waals surface area contributed by atoms with Gasteiger partial charge in [0, 0.05) is 12.6 Å². The van der Waals surface area contributed by atoms with Gasteiger partial charge in [-0.2, -0.15) is 0 Å². The molecule has 2 N–H and O–H groups in total. The average Bonchev–Trinajstić information content (AvgIpc) is 2.45. The van der Waals surface area contributed by atoms with Crippen LogP contribution in [0.4, 0.5) is 0 Å². The Hall–Kier alpha value is -1.16. The fourth-order valence-electron chi connectivity index (χ4n) is 2.44. The topological polar surface area (TPSA) is 41.5 Å². The zero-order chi connectivity index (χ0) is 14.4. The fourth-order valence-corrected chi connectivity index (χ4v) is 2.44. The highest BCUT2D eigenvalue weighted by molar-refractivity contribution is 5.70. The highest BCUT2D eigenvalue weighted by atomic mass is 16.5. The molecule has 1 aliphatic rings. The Balaban J connectivity index is 1.79. The molecule has 20 heavy (non-hydrogen) atoms. The molecule has 0 radical (unpaired) electrons. The first-order valence-electron chi connectivity index (χ1n) is 7.43. The van der Waals surface area contributed by atoms with E-state index >= 15 is 0 Å². The van der Waals surface area contributed by atoms with Gasteiger partial charge in [0.2, 0.25) is 0 Å². The van der Waals surface area contributed by atoms with Gasteiger partial charge < -0.3 is 15.2 Å². The lowest BCUT2D eigenvalue weighted by molar-refractivity contribution is 0.0504. The molecule has 1 aromatic rings. The third kappa shape index (κ3) is 4.44. The quantitative estimate of drug-likeness (QED) is 0.803. The first-order chi connectivity index (χ1) is 9.66. The summed E-state index contributed by atoms with van der Waals surface area (Å²) in [7, 11) is 0. The van der Waals surface area contributed by atoms with Gasteiger partial charge in [0.05, 0.1) is 19.3 Å². The van der Waals surface area contributed by atoms with Gasteiger partial charge in [0.1, 0.15) is 0 Å². The summed E-state index contributed by atoms with van der Waals surface area (Å²) in [6, 6.07) is 8.88. The number of allylic oxidation sites excluding steroid dienone is 1. The number of fused-ring (bicyclic) bond motifs is 1. The normalized spacial score (nSPS) is 15.9. The van der Waals surface area contributed by atoms with E-state index in [1.54, 1.807) is 0 Å². The van der Waals surface area contributed by atoms with Crippen molar-refractivity contribution in [3.05, 3.63) is 41.5 Å². The number of aryl methyl sites for hydroxylation is 1. The number of rotatable bonds is 7. The van der Waals surface area contributed by atoms with Gasteiger partial charge >= 0.3 is 0 Å². The molecule has 0 bridgehead atoms. The first-order valence-corrected chi connectivity index (χ1v) is 7.43. The SMILES string of the molecule is CC(C)NCC(O)COCC1=CCCc2ccccc21. The van der Waals surface area contributed by atoms with Crippen molar-refractivity contribution < 1.29 is 9.84 Å². The second-order valence-electron chi connectivity index (χ2n) is 5.66. The van der Waals surface area contributed by atoms with E-state index in [4.69, 9.17) is 4.74 Å². The number of aliphatic hydroxyl groups is 1. The zero-order valence-electron chi connectivity index (χ0n) is 12.4. The van der Waals surface area contributed by atoms with Crippen LogP contribution in [-0.4, -0.2) is 37.0 Å². The Kier molecular flexibility index (Phi) is 5.77. The summed E-state index contributed by atoms with van der Waals surface area (Å²) >= 11 is 0. The zero-order valence-corrected chi connectivity index (χ0v) is 12.4. The second kappa shape index (κ2) is 7.58. The number of ether oxygens (including phenoxy) is 1. The summed E-state index contributed by atoms with van der Waals surface area (Å²) < 4.78 is 5.67. The summed E-state index contributed by atoms with van der Waals surface area (Å²) in [5.41, 5.74) is 3.94. The molecule has 3 nitrogen and oxygen atoms in total. The van der Waals surface area contributed by atoms with Crippen molar-refractivity contribution in [2.75, 3.05) is 19.8 Å². The molecule has 0 heterocycles. The van der Waals surface area contributed by atoms with E-state index in [9.17, 15) is 5.11 Å². The largest absolute Gasteiger partial charge is 0.389 e. The van der Waals surface area contributed by atoms with Crippen LogP contribution in [-0.2, 0) is 11.2 Å². The summed E-state index contributed by atoms with van der Waals surface area (Å²) in [4.78, 5) is 0. The summed E-state index contributed by atoms with van der Waals surface area (Å²) in [5, 5.41) is 13.0. The van der Waals surface area contributed by atoms with E-state index in [0.29, 0.717) is 25.8 Å². The Labute approximate surface area is 121 Å². The monoisotopic (exact) mass is 275 g/mol. The molecule has 2 rings (SSSR count). The third-order valence-electron chi connectivity index (χ3n) is 3.50. The maximum atomic E-state index is 9.82. The Morgan fingerprint density at radius 2 is 2.10 bits per heavy atom. The van der Waals surface area contributed by atoms with Crippen molar-refractivity contribution in [3.63, 3.8) is 0 Å². The minimum atomic E-state index is -0.447. The number of benzene rings is 1. The van der Waals surface area contributed by atoms with Crippen LogP contribution < -0.4 is 5.32 Å². The maximum Gasteiger partial charge on any atom is 0.0897 e. The molecule has 1 aliphatic carbocycles. The van der Waals surface area contributed by atoms with Crippen molar-refractivity contribution in [2.45, 2.75) is 38.8 Å². The Bertz CT molecular complexity index is 454. The number of aliphatic hydroxyl groups excluding tert-OH is 1. The van der Waals surface area contributed by atoms with Crippen LogP contribution in [0.25, 0.3) is 5.57 Å². The summed E-state index contributed by atoms with van der Waals surface area (Å²) in [6.45, 7) is 5.66. The number of nitrogens with one attached hydrogen (secondary N) is 1. The van der Waals surface area contributed by atoms with Gasteiger partial charge in [0.25, 0.3) is 0 Å². The number of hydrogen-bond donors (Lipinski definition) is 2. The molecule has 0 amide bonds. The maximum absolute atomic E-state index is 9.82. The molecule has 0 aliphatic heterocycles. The molecule has 1 aromatic carbocycles. The van der Waals surface area contributed by atoms with E-state index in [0.717, 1.165) is 12.8 Å². The van der Waals surface area contributed by atoms with Gasteiger partial charge in [0.15, 0.2) is 0 Å². The van der Waals surface area contributed by atoms with Crippen LogP contribution in [0.2, 0.25) is 0 Å². The molecule has 1 unspecified atom stereocenters. The molecular formula is C17H25NO2. The van der Waals surface area contributed by atoms with E-state index < -0.39 is 6.10 Å². The standard InChI is InChI=1S/C17H25NO2/c1-13(2)18-10-16(19)12-20-11-15-8-5-7-14-6-3-4-9-17(14)15/h3-4,6,8-9,13,16,18-19H,5,7,10-12H2,1-2H3. The smallest absolute Gasteiger partial charge is 0.0897 e. The molecule has 0 spiro atoms. The fraction of sp³-hybridized carbons (Fsp3) is 0.529. The summed E-state index contributed by atoms with van der Waals surface area (Å²) in [6.07, 6.45) is 3.99. The minimum Gasteiger partial charge on any atom is -0.389 e. The van der Waals surface area contributed by atoms with Crippen LogP contribution >= 0.6 is 0 Å². The Morgan fingerprint density at radius 3 is 2.90 bits per heavy atom. The molecule has 0 aromatic heterocycles. The van der Waals surface area contributed by atoms with Crippen molar-refractivity contribution in [1.29, 1.82) is 0 Å². The number of hydrogen-bond acceptors (Lipinski definition) is 3. The molecule has 0 saturated heterocycles. The molecule has 0 fully saturated rings. The predicted octanol–water partition coefficient (Wildman–Crippen LogP) is 2.39. The lowest BCUT2D eigenvalue weighted by atomic mass is 9.91. The Morgan fingerprint density at radius 1 is 1.30 bits per heavy atom. The van der Waals surface area contributed by atoms with Crippen LogP contribution in [0.1, 0.15) is 31.4 Å². The van der Waals surface area contributed by atoms with E-state index in [-0.39, 0.29) is 0 Å². The highest BCUT2D eigenvalue weighted by Crippen LogP contribution is 2.26. The van der Waals surface area contributed by atoms with Gasteiger partial charge in [-0.3, -0.25) is 0 Å². The van der Waals surface area contributed by atoms with E-state index in [2.05, 4.69) is 49.5 Å². The van der Waals surface area contributed by atoms with Crippen LogP contribution in [0.5, 0.6) is 0 Å². The van der Waals surface area contributed by atoms with Crippen molar-refractivity contribution >= 4 is 5.57 Å². The van der Waals surface area contributed by atoms with Crippen LogP contribution in [0.15, 0.2) is 30.3 Å². The van der Waals surface area contributed by atoms with Gasteiger partial charge in [-0.05, 0) is 29.5 Å². The minimum absolute atomic E-state index is 0.374. The second-order valence-corrected chi connectivity index (χ2v) is 5.66. The van der Waals surface area contributed by atoms with Gasteiger partial charge in [-0.1, -0.05) is 44.2 Å². The molecule has 110 valence electrons. The molecular weight excluding hydrogens is 250 g/mol. The van der Waals surface area contributed by atoms with E-state index in [1.165, 1.54) is 16.7 Å². The predicted molar refractivity (Wildman–Crippen MR) is 82.7 cm³/mol. The highest BCUT2D eigenvalue weighted by Gasteiger charge is 2.12. The molecule has 3 heteroatoms. The summed E-state index contributed by atoms with van der Waals surface area (Å²) in [5.74, 6) is 0. The van der Waals surface area contributed by atoms with E-state index in [1.807, 2.05) is 0 Å². The lowest BCUT2D eigenvalue weighted by Crippen LogP contribution is -2.34. The van der Waals surface area contributed by atoms with Crippen molar-refractivity contribution in [1.82, 2.24) is 5.32 Å². The van der Waals surface area contributed by atoms with Crippen molar-refractivity contribution in [2.24, 2.45) is 0 Å². The van der Waals surface area contributed by atoms with Gasteiger partial charge in [-0.25, -0.2) is 0 Å². The lowest BCUT2D eigenvalue weighted by Gasteiger charge is -2.19. The van der Waals surface area contributed by atoms with Crippen LogP contribution in [0.3, 0.4) is 0 Å². The molecule has 0 saturated carbocycles. The first kappa shape index (κ1) is 15.2.